The van der Waals surface area contributed by atoms with Gasteiger partial charge in [0.15, 0.2) is 11.5 Å². The van der Waals surface area contributed by atoms with Gasteiger partial charge in [-0.15, -0.1) is 0 Å². The molecule has 8 nitrogen and oxygen atoms in total. The van der Waals surface area contributed by atoms with Crippen molar-refractivity contribution in [2.24, 2.45) is 5.10 Å². The van der Waals surface area contributed by atoms with Crippen LogP contribution < -0.4 is 14.9 Å². The zero-order chi connectivity index (χ0) is 17.1. The van der Waals surface area contributed by atoms with Crippen molar-refractivity contribution < 1.29 is 23.6 Å². The van der Waals surface area contributed by atoms with E-state index in [1.165, 1.54) is 30.3 Å². The van der Waals surface area contributed by atoms with Gasteiger partial charge in [0.25, 0.3) is 11.6 Å². The van der Waals surface area contributed by atoms with Crippen molar-refractivity contribution in [1.82, 2.24) is 5.43 Å². The standard InChI is InChI=1S/C15H10FN3O5/c16-11-3-1-2-9(4-11)15(20)18-17-7-10-5-13-14(24-8-23-13)6-12(10)19(21)22/h1-7H,8H2,(H,18,20). The maximum atomic E-state index is 13.1. The second-order valence-corrected chi connectivity index (χ2v) is 4.73. The molecule has 1 amide bonds. The van der Waals surface area contributed by atoms with Crippen molar-refractivity contribution in [3.8, 4) is 11.5 Å². The Labute approximate surface area is 134 Å². The second kappa shape index (κ2) is 6.32. The molecule has 1 N–H and O–H groups in total. The number of ether oxygens (including phenoxy) is 2. The zero-order valence-electron chi connectivity index (χ0n) is 12.1. The van der Waals surface area contributed by atoms with Crippen LogP contribution in [0, 0.1) is 15.9 Å². The van der Waals surface area contributed by atoms with Crippen molar-refractivity contribution in [3.63, 3.8) is 0 Å². The third-order valence-electron chi connectivity index (χ3n) is 3.18. The SMILES string of the molecule is O=C(NN=Cc1cc2c(cc1[N+](=O)[O-])OCO2)c1cccc(F)c1. The van der Waals surface area contributed by atoms with Crippen LogP contribution in [-0.2, 0) is 0 Å². The Bertz CT molecular complexity index is 853. The number of hydrazone groups is 1. The van der Waals surface area contributed by atoms with Gasteiger partial charge >= 0.3 is 0 Å². The van der Waals surface area contributed by atoms with Gasteiger partial charge in [-0.25, -0.2) is 9.82 Å². The topological polar surface area (TPSA) is 103 Å². The molecular formula is C15H10FN3O5. The number of nitrogens with zero attached hydrogens (tertiary/aromatic N) is 2. The zero-order valence-corrected chi connectivity index (χ0v) is 12.1. The van der Waals surface area contributed by atoms with E-state index in [0.29, 0.717) is 5.75 Å². The number of nitro benzene ring substituents is 1. The van der Waals surface area contributed by atoms with Crippen molar-refractivity contribution in [1.29, 1.82) is 0 Å². The minimum atomic E-state index is -0.644. The first kappa shape index (κ1) is 15.4. The first-order valence-corrected chi connectivity index (χ1v) is 6.71. The summed E-state index contributed by atoms with van der Waals surface area (Å²) in [5, 5.41) is 14.8. The van der Waals surface area contributed by atoms with E-state index in [2.05, 4.69) is 10.5 Å². The lowest BCUT2D eigenvalue weighted by Gasteiger charge is -2.02. The number of nitro groups is 1. The summed E-state index contributed by atoms with van der Waals surface area (Å²) in [6.45, 7) is -0.0244. The van der Waals surface area contributed by atoms with Crippen LogP contribution in [0.4, 0.5) is 10.1 Å². The maximum absolute atomic E-state index is 13.1. The molecule has 0 unspecified atom stereocenters. The lowest BCUT2D eigenvalue weighted by molar-refractivity contribution is -0.385. The molecule has 0 aliphatic carbocycles. The fourth-order valence-electron chi connectivity index (χ4n) is 2.06. The third kappa shape index (κ3) is 3.14. The summed E-state index contributed by atoms with van der Waals surface area (Å²) in [4.78, 5) is 22.3. The van der Waals surface area contributed by atoms with Crippen LogP contribution in [0.15, 0.2) is 41.5 Å². The number of halogens is 1. The molecule has 0 spiro atoms. The number of nitrogens with one attached hydrogen (secondary N) is 1. The summed E-state index contributed by atoms with van der Waals surface area (Å²) >= 11 is 0. The molecule has 2 aromatic carbocycles. The minimum absolute atomic E-state index is 0.0244. The average molecular weight is 331 g/mol. The number of carbonyl (C=O) groups excluding carboxylic acids is 1. The summed E-state index contributed by atoms with van der Waals surface area (Å²) in [7, 11) is 0. The second-order valence-electron chi connectivity index (χ2n) is 4.73. The Morgan fingerprint density at radius 2 is 2.04 bits per heavy atom. The Balaban J connectivity index is 1.79. The monoisotopic (exact) mass is 331 g/mol. The van der Waals surface area contributed by atoms with Gasteiger partial charge in [-0.3, -0.25) is 14.9 Å². The number of hydrogen-bond donors (Lipinski definition) is 1. The fourth-order valence-corrected chi connectivity index (χ4v) is 2.06. The number of benzene rings is 2. The molecule has 24 heavy (non-hydrogen) atoms. The van der Waals surface area contributed by atoms with Gasteiger partial charge in [-0.2, -0.15) is 5.10 Å². The predicted molar refractivity (Wildman–Crippen MR) is 80.7 cm³/mol. The molecule has 0 bridgehead atoms. The molecule has 0 aromatic heterocycles. The van der Waals surface area contributed by atoms with E-state index in [1.54, 1.807) is 0 Å². The molecular weight excluding hydrogens is 321 g/mol. The number of hydrogen-bond acceptors (Lipinski definition) is 6. The van der Waals surface area contributed by atoms with Crippen LogP contribution in [0.25, 0.3) is 0 Å². The highest BCUT2D eigenvalue weighted by Crippen LogP contribution is 2.37. The molecule has 9 heteroatoms. The van der Waals surface area contributed by atoms with Crippen LogP contribution in [-0.4, -0.2) is 23.8 Å². The van der Waals surface area contributed by atoms with Crippen LogP contribution in [0.2, 0.25) is 0 Å². The quantitative estimate of drug-likeness (QED) is 0.526. The highest BCUT2D eigenvalue weighted by Gasteiger charge is 2.22. The van der Waals surface area contributed by atoms with Crippen molar-refractivity contribution in [2.75, 3.05) is 6.79 Å². The van der Waals surface area contributed by atoms with Gasteiger partial charge in [-0.1, -0.05) is 6.07 Å². The summed E-state index contributed by atoms with van der Waals surface area (Å²) in [6, 6.07) is 7.66. The third-order valence-corrected chi connectivity index (χ3v) is 3.18. The van der Waals surface area contributed by atoms with Crippen molar-refractivity contribution >= 4 is 17.8 Å². The molecule has 0 fully saturated rings. The van der Waals surface area contributed by atoms with E-state index >= 15 is 0 Å². The highest BCUT2D eigenvalue weighted by molar-refractivity contribution is 5.95. The number of rotatable bonds is 4. The van der Waals surface area contributed by atoms with E-state index < -0.39 is 16.6 Å². The van der Waals surface area contributed by atoms with Crippen LogP contribution in [0.1, 0.15) is 15.9 Å². The van der Waals surface area contributed by atoms with E-state index in [1.807, 2.05) is 0 Å². The number of fused-ring (bicyclic) bond motifs is 1. The van der Waals surface area contributed by atoms with Gasteiger partial charge < -0.3 is 9.47 Å². The summed E-state index contributed by atoms with van der Waals surface area (Å²) in [6.07, 6.45) is 1.11. The van der Waals surface area contributed by atoms with Crippen LogP contribution in [0.5, 0.6) is 11.5 Å². The first-order valence-electron chi connectivity index (χ1n) is 6.71. The number of amides is 1. The molecule has 0 radical (unpaired) electrons. The lowest BCUT2D eigenvalue weighted by atomic mass is 10.1. The lowest BCUT2D eigenvalue weighted by Crippen LogP contribution is -2.17. The van der Waals surface area contributed by atoms with Gasteiger partial charge in [-0.05, 0) is 24.3 Å². The molecule has 1 aliphatic heterocycles. The Hall–Kier alpha value is -3.49. The molecule has 122 valence electrons. The van der Waals surface area contributed by atoms with Crippen molar-refractivity contribution in [3.05, 3.63) is 63.5 Å². The maximum Gasteiger partial charge on any atom is 0.282 e. The Morgan fingerprint density at radius 1 is 1.29 bits per heavy atom. The number of carbonyl (C=O) groups is 1. The van der Waals surface area contributed by atoms with Gasteiger partial charge in [0.2, 0.25) is 6.79 Å². The van der Waals surface area contributed by atoms with E-state index in [4.69, 9.17) is 9.47 Å². The van der Waals surface area contributed by atoms with Gasteiger partial charge in [0.05, 0.1) is 22.8 Å². The molecule has 2 aromatic rings. The predicted octanol–water partition coefficient (Wildman–Crippen LogP) is 2.23. The van der Waals surface area contributed by atoms with Gasteiger partial charge in [0.1, 0.15) is 5.82 Å². The Morgan fingerprint density at radius 3 is 2.75 bits per heavy atom. The minimum Gasteiger partial charge on any atom is -0.454 e. The molecule has 1 heterocycles. The highest BCUT2D eigenvalue weighted by atomic mass is 19.1. The van der Waals surface area contributed by atoms with Crippen molar-refractivity contribution in [2.45, 2.75) is 0 Å². The van der Waals surface area contributed by atoms with Crippen LogP contribution >= 0.6 is 0 Å². The normalized spacial score (nSPS) is 12.4. The largest absolute Gasteiger partial charge is 0.454 e. The molecule has 0 saturated carbocycles. The summed E-state index contributed by atoms with van der Waals surface area (Å²) < 4.78 is 23.3. The molecule has 0 atom stereocenters. The molecule has 1 aliphatic rings. The van der Waals surface area contributed by atoms with Gasteiger partial charge in [0, 0.05) is 5.56 Å². The average Bonchev–Trinajstić information content (AvgIpc) is 3.01. The smallest absolute Gasteiger partial charge is 0.282 e. The summed E-state index contributed by atoms with van der Waals surface area (Å²) in [5.41, 5.74) is 2.14. The molecule has 0 saturated heterocycles. The molecule has 3 rings (SSSR count). The van der Waals surface area contributed by atoms with Crippen LogP contribution in [0.3, 0.4) is 0 Å². The van der Waals surface area contributed by atoms with E-state index in [0.717, 1.165) is 12.3 Å². The van der Waals surface area contributed by atoms with E-state index in [-0.39, 0.29) is 29.4 Å². The Kier molecular flexibility index (Phi) is 4.06. The first-order chi connectivity index (χ1) is 11.5. The van der Waals surface area contributed by atoms with E-state index in [9.17, 15) is 19.3 Å². The fraction of sp³-hybridized carbons (Fsp3) is 0.0667. The summed E-state index contributed by atoms with van der Waals surface area (Å²) in [5.74, 6) is -0.590.